The van der Waals surface area contributed by atoms with Gasteiger partial charge in [-0.05, 0) is 43.0 Å². The van der Waals surface area contributed by atoms with E-state index < -0.39 is 6.09 Å². The summed E-state index contributed by atoms with van der Waals surface area (Å²) in [6.45, 7) is 9.69. The highest BCUT2D eigenvalue weighted by Crippen LogP contribution is 2.23. The number of aromatic nitrogens is 2. The number of carbonyl (C=O) groups is 2. The normalized spacial score (nSPS) is 16.2. The first-order valence-corrected chi connectivity index (χ1v) is 10.4. The minimum Gasteiger partial charge on any atom is -0.447 e. The number of ether oxygens (including phenoxy) is 1. The second-order valence-electron chi connectivity index (χ2n) is 7.74. The Morgan fingerprint density at radius 1 is 1.03 bits per heavy atom. The van der Waals surface area contributed by atoms with Gasteiger partial charge in [0.2, 0.25) is 0 Å². The summed E-state index contributed by atoms with van der Waals surface area (Å²) in [4.78, 5) is 39.4. The molecule has 2 amide bonds. The maximum Gasteiger partial charge on any atom is 0.415 e. The average Bonchev–Trinajstić information content (AvgIpc) is 3.19. The molecule has 0 N–H and O–H groups in total. The SMILES string of the molecule is C.CCc1cnc(N2CCN(C(=O)c3cnc(N4CCOC4=O)cc3C)CC2)c(C)c1. The molecule has 2 saturated heterocycles. The third-order valence-corrected chi connectivity index (χ3v) is 5.75. The summed E-state index contributed by atoms with van der Waals surface area (Å²) < 4.78 is 4.96. The van der Waals surface area contributed by atoms with E-state index in [0.717, 1.165) is 30.9 Å². The van der Waals surface area contributed by atoms with Crippen molar-refractivity contribution >= 4 is 23.6 Å². The van der Waals surface area contributed by atoms with Gasteiger partial charge in [0.1, 0.15) is 18.2 Å². The molecule has 0 aromatic carbocycles. The van der Waals surface area contributed by atoms with Gasteiger partial charge < -0.3 is 14.5 Å². The molecule has 0 atom stereocenters. The standard InChI is InChI=1S/C22H27N5O3.CH4/c1-4-17-11-16(3)20(24-13-17)25-5-7-26(8-6-25)21(28)18-14-23-19(12-15(18)2)27-9-10-30-22(27)29;/h11-14H,4-10H2,1-3H3;1H4. The minimum atomic E-state index is -0.395. The Morgan fingerprint density at radius 2 is 1.77 bits per heavy atom. The number of rotatable bonds is 4. The summed E-state index contributed by atoms with van der Waals surface area (Å²) >= 11 is 0. The predicted octanol–water partition coefficient (Wildman–Crippen LogP) is 3.21. The van der Waals surface area contributed by atoms with Crippen molar-refractivity contribution < 1.29 is 14.3 Å². The van der Waals surface area contributed by atoms with Gasteiger partial charge in [-0.1, -0.05) is 20.4 Å². The highest BCUT2D eigenvalue weighted by atomic mass is 16.6. The molecule has 31 heavy (non-hydrogen) atoms. The number of piperazine rings is 1. The van der Waals surface area contributed by atoms with E-state index in [4.69, 9.17) is 4.74 Å². The number of nitrogens with zero attached hydrogens (tertiary/aromatic N) is 5. The van der Waals surface area contributed by atoms with Crippen molar-refractivity contribution in [2.45, 2.75) is 34.6 Å². The fourth-order valence-electron chi connectivity index (χ4n) is 3.96. The number of hydrogen-bond acceptors (Lipinski definition) is 6. The zero-order valence-electron chi connectivity index (χ0n) is 17.7. The molecule has 4 rings (SSSR count). The first-order valence-electron chi connectivity index (χ1n) is 10.4. The van der Waals surface area contributed by atoms with Gasteiger partial charge in [-0.15, -0.1) is 0 Å². The number of amides is 2. The number of pyridine rings is 2. The first-order chi connectivity index (χ1) is 14.5. The zero-order valence-corrected chi connectivity index (χ0v) is 17.7. The molecule has 8 nitrogen and oxygen atoms in total. The Kier molecular flexibility index (Phi) is 6.77. The van der Waals surface area contributed by atoms with Crippen LogP contribution in [0.3, 0.4) is 0 Å². The van der Waals surface area contributed by atoms with Crippen molar-refractivity contribution in [1.29, 1.82) is 0 Å². The Balaban J connectivity index is 0.00000272. The maximum atomic E-state index is 13.1. The van der Waals surface area contributed by atoms with Crippen LogP contribution in [0.15, 0.2) is 24.5 Å². The molecule has 2 aromatic heterocycles. The van der Waals surface area contributed by atoms with Gasteiger partial charge in [-0.25, -0.2) is 14.8 Å². The summed E-state index contributed by atoms with van der Waals surface area (Å²) in [5, 5.41) is 0. The van der Waals surface area contributed by atoms with Gasteiger partial charge in [-0.2, -0.15) is 0 Å². The van der Waals surface area contributed by atoms with Gasteiger partial charge >= 0.3 is 6.09 Å². The Hall–Kier alpha value is -3.16. The Morgan fingerprint density at radius 3 is 2.35 bits per heavy atom. The van der Waals surface area contributed by atoms with E-state index in [1.807, 2.05) is 18.0 Å². The molecule has 0 aliphatic carbocycles. The lowest BCUT2D eigenvalue weighted by Crippen LogP contribution is -2.49. The van der Waals surface area contributed by atoms with Crippen LogP contribution in [0.5, 0.6) is 0 Å². The molecular formula is C23H31N5O3. The molecule has 8 heteroatoms. The fourth-order valence-corrected chi connectivity index (χ4v) is 3.96. The summed E-state index contributed by atoms with van der Waals surface area (Å²) in [6, 6.07) is 3.96. The quantitative estimate of drug-likeness (QED) is 0.749. The number of carbonyl (C=O) groups excluding carboxylic acids is 2. The zero-order chi connectivity index (χ0) is 21.3. The monoisotopic (exact) mass is 425 g/mol. The largest absolute Gasteiger partial charge is 0.447 e. The Labute approximate surface area is 183 Å². The average molecular weight is 426 g/mol. The molecular weight excluding hydrogens is 394 g/mol. The number of aryl methyl sites for hydroxylation is 3. The van der Waals surface area contributed by atoms with Crippen molar-refractivity contribution in [3.63, 3.8) is 0 Å². The summed E-state index contributed by atoms with van der Waals surface area (Å²) in [6.07, 6.45) is 4.09. The van der Waals surface area contributed by atoms with Crippen LogP contribution in [0.2, 0.25) is 0 Å². The predicted molar refractivity (Wildman–Crippen MR) is 121 cm³/mol. The van der Waals surface area contributed by atoms with Crippen molar-refractivity contribution in [3.05, 3.63) is 46.8 Å². The molecule has 2 aliphatic rings. The lowest BCUT2D eigenvalue weighted by molar-refractivity contribution is 0.0745. The number of cyclic esters (lactones) is 1. The van der Waals surface area contributed by atoms with E-state index in [2.05, 4.69) is 34.8 Å². The molecule has 2 aliphatic heterocycles. The summed E-state index contributed by atoms with van der Waals surface area (Å²) in [7, 11) is 0. The van der Waals surface area contributed by atoms with Crippen LogP contribution in [0, 0.1) is 13.8 Å². The van der Waals surface area contributed by atoms with Crippen LogP contribution in [0.4, 0.5) is 16.4 Å². The molecule has 166 valence electrons. The second-order valence-corrected chi connectivity index (χ2v) is 7.74. The van der Waals surface area contributed by atoms with E-state index >= 15 is 0 Å². The molecule has 4 heterocycles. The van der Waals surface area contributed by atoms with E-state index in [1.165, 1.54) is 16.0 Å². The molecule has 2 aromatic rings. The van der Waals surface area contributed by atoms with Crippen molar-refractivity contribution in [3.8, 4) is 0 Å². The smallest absolute Gasteiger partial charge is 0.415 e. The molecule has 0 bridgehead atoms. The van der Waals surface area contributed by atoms with Crippen molar-refractivity contribution in [2.24, 2.45) is 0 Å². The van der Waals surface area contributed by atoms with Gasteiger partial charge in [-0.3, -0.25) is 9.69 Å². The van der Waals surface area contributed by atoms with Crippen LogP contribution in [-0.2, 0) is 11.2 Å². The number of anilines is 2. The van der Waals surface area contributed by atoms with Gasteiger partial charge in [0.25, 0.3) is 5.91 Å². The lowest BCUT2D eigenvalue weighted by atomic mass is 10.1. The number of hydrogen-bond donors (Lipinski definition) is 0. The molecule has 0 saturated carbocycles. The maximum absolute atomic E-state index is 13.1. The Bertz CT molecular complexity index is 970. The summed E-state index contributed by atoms with van der Waals surface area (Å²) in [5.74, 6) is 1.49. The van der Waals surface area contributed by atoms with E-state index in [0.29, 0.717) is 37.6 Å². The van der Waals surface area contributed by atoms with Crippen LogP contribution >= 0.6 is 0 Å². The van der Waals surface area contributed by atoms with Crippen LogP contribution in [0.1, 0.15) is 41.4 Å². The van der Waals surface area contributed by atoms with Crippen molar-refractivity contribution in [1.82, 2.24) is 14.9 Å². The van der Waals surface area contributed by atoms with Gasteiger partial charge in [0.05, 0.1) is 12.1 Å². The van der Waals surface area contributed by atoms with E-state index in [1.54, 1.807) is 12.3 Å². The third kappa shape index (κ3) is 4.47. The highest BCUT2D eigenvalue weighted by molar-refractivity contribution is 5.96. The fraction of sp³-hybridized carbons (Fsp3) is 0.478. The molecule has 0 radical (unpaired) electrons. The van der Waals surface area contributed by atoms with Crippen LogP contribution in [0.25, 0.3) is 0 Å². The topological polar surface area (TPSA) is 78.9 Å². The van der Waals surface area contributed by atoms with Crippen LogP contribution in [-0.4, -0.2) is 66.2 Å². The first kappa shape index (κ1) is 22.5. The highest BCUT2D eigenvalue weighted by Gasteiger charge is 2.28. The van der Waals surface area contributed by atoms with E-state index in [9.17, 15) is 9.59 Å². The molecule has 0 unspecified atom stereocenters. The van der Waals surface area contributed by atoms with E-state index in [-0.39, 0.29) is 13.3 Å². The van der Waals surface area contributed by atoms with Crippen molar-refractivity contribution in [2.75, 3.05) is 49.1 Å². The lowest BCUT2D eigenvalue weighted by Gasteiger charge is -2.36. The van der Waals surface area contributed by atoms with Gasteiger partial charge in [0, 0.05) is 38.6 Å². The van der Waals surface area contributed by atoms with Crippen LogP contribution < -0.4 is 9.80 Å². The molecule has 2 fully saturated rings. The summed E-state index contributed by atoms with van der Waals surface area (Å²) in [5.41, 5.74) is 3.78. The van der Waals surface area contributed by atoms with Gasteiger partial charge in [0.15, 0.2) is 0 Å². The molecule has 0 spiro atoms. The second kappa shape index (κ2) is 9.32. The minimum absolute atomic E-state index is 0. The third-order valence-electron chi connectivity index (χ3n) is 5.75.